The molecule has 0 aromatic carbocycles. The third-order valence-corrected chi connectivity index (χ3v) is 5.01. The predicted molar refractivity (Wildman–Crippen MR) is 106 cm³/mol. The van der Waals surface area contributed by atoms with E-state index in [2.05, 4.69) is 24.0 Å². The molecule has 0 spiro atoms. The number of aromatic nitrogens is 4. The second-order valence-electron chi connectivity index (χ2n) is 7.54. The number of nitrogens with zero attached hydrogens (tertiary/aromatic N) is 6. The molecule has 1 fully saturated rings. The third-order valence-electron chi connectivity index (χ3n) is 5.01. The van der Waals surface area contributed by atoms with Gasteiger partial charge in [0.1, 0.15) is 5.82 Å². The van der Waals surface area contributed by atoms with Crippen molar-refractivity contribution in [2.24, 2.45) is 5.92 Å². The molecular weight excluding hydrogens is 356 g/mol. The first-order valence-corrected chi connectivity index (χ1v) is 9.89. The summed E-state index contributed by atoms with van der Waals surface area (Å²) in [5.41, 5.74) is 1.41. The van der Waals surface area contributed by atoms with Crippen molar-refractivity contribution in [3.63, 3.8) is 0 Å². The minimum atomic E-state index is -0.0156. The molecular formula is C20H26N6O2. The number of hydrogen-bond donors (Lipinski definition) is 0. The van der Waals surface area contributed by atoms with Crippen molar-refractivity contribution in [3.8, 4) is 0 Å². The highest BCUT2D eigenvalue weighted by Crippen LogP contribution is 2.20. The quantitative estimate of drug-likeness (QED) is 0.674. The summed E-state index contributed by atoms with van der Waals surface area (Å²) in [6.45, 7) is 8.85. The number of pyridine rings is 1. The lowest BCUT2D eigenvalue weighted by Crippen LogP contribution is -2.49. The van der Waals surface area contributed by atoms with Crippen LogP contribution < -0.4 is 4.90 Å². The van der Waals surface area contributed by atoms with E-state index in [4.69, 9.17) is 9.40 Å². The Balaban J connectivity index is 1.51. The first-order valence-electron chi connectivity index (χ1n) is 9.89. The normalized spacial score (nSPS) is 15.0. The second-order valence-corrected chi connectivity index (χ2v) is 7.54. The van der Waals surface area contributed by atoms with Crippen molar-refractivity contribution in [2.45, 2.75) is 33.6 Å². The number of rotatable bonds is 5. The Morgan fingerprint density at radius 1 is 1.18 bits per heavy atom. The van der Waals surface area contributed by atoms with Crippen molar-refractivity contribution in [1.29, 1.82) is 0 Å². The number of imidazole rings is 1. The number of aryl methyl sites for hydroxylation is 1. The number of fused-ring (bicyclic) bond motifs is 1. The van der Waals surface area contributed by atoms with Gasteiger partial charge in [0, 0.05) is 45.2 Å². The van der Waals surface area contributed by atoms with Gasteiger partial charge in [0.05, 0.1) is 5.52 Å². The van der Waals surface area contributed by atoms with Crippen LogP contribution in [0, 0.1) is 5.92 Å². The smallest absolute Gasteiger partial charge is 0.318 e. The molecule has 0 atom stereocenters. The highest BCUT2D eigenvalue weighted by Gasteiger charge is 2.28. The van der Waals surface area contributed by atoms with Gasteiger partial charge in [0.25, 0.3) is 5.91 Å². The lowest BCUT2D eigenvalue weighted by Gasteiger charge is -2.33. The monoisotopic (exact) mass is 382 g/mol. The Labute approximate surface area is 164 Å². The molecule has 8 nitrogen and oxygen atoms in total. The number of hydrogen-bond acceptors (Lipinski definition) is 6. The van der Waals surface area contributed by atoms with Gasteiger partial charge in [-0.1, -0.05) is 31.9 Å². The van der Waals surface area contributed by atoms with Crippen LogP contribution in [0.25, 0.3) is 5.52 Å². The number of amides is 1. The lowest BCUT2D eigenvalue weighted by molar-refractivity contribution is 0.0741. The summed E-state index contributed by atoms with van der Waals surface area (Å²) >= 11 is 0. The van der Waals surface area contributed by atoms with Crippen molar-refractivity contribution in [1.82, 2.24) is 24.5 Å². The molecule has 1 saturated heterocycles. The Morgan fingerprint density at radius 3 is 2.64 bits per heavy atom. The van der Waals surface area contributed by atoms with E-state index in [9.17, 15) is 4.79 Å². The SMILES string of the molecule is CCc1nnc(N2CCN(C(=O)c3nc(CC(C)C)n4ccccc34)CC2)o1. The fourth-order valence-corrected chi connectivity index (χ4v) is 3.53. The molecule has 3 aromatic heterocycles. The minimum Gasteiger partial charge on any atom is -0.408 e. The van der Waals surface area contributed by atoms with Crippen LogP contribution in [-0.2, 0) is 12.8 Å². The van der Waals surface area contributed by atoms with Gasteiger partial charge in [-0.3, -0.25) is 4.79 Å². The van der Waals surface area contributed by atoms with Crippen LogP contribution in [0.5, 0.6) is 0 Å². The largest absolute Gasteiger partial charge is 0.408 e. The van der Waals surface area contributed by atoms with Gasteiger partial charge >= 0.3 is 6.01 Å². The van der Waals surface area contributed by atoms with E-state index in [0.29, 0.717) is 49.7 Å². The summed E-state index contributed by atoms with van der Waals surface area (Å²) in [5, 5.41) is 8.12. The van der Waals surface area contributed by atoms with Crippen molar-refractivity contribution in [2.75, 3.05) is 31.1 Å². The van der Waals surface area contributed by atoms with E-state index < -0.39 is 0 Å². The fraction of sp³-hybridized carbons (Fsp3) is 0.500. The minimum absolute atomic E-state index is 0.0156. The van der Waals surface area contributed by atoms with E-state index in [1.54, 1.807) is 0 Å². The fourth-order valence-electron chi connectivity index (χ4n) is 3.53. The molecule has 0 unspecified atom stereocenters. The number of piperazine rings is 1. The molecule has 0 aliphatic carbocycles. The third kappa shape index (κ3) is 3.46. The van der Waals surface area contributed by atoms with Crippen LogP contribution in [0.2, 0.25) is 0 Å². The van der Waals surface area contributed by atoms with E-state index >= 15 is 0 Å². The van der Waals surface area contributed by atoms with Crippen LogP contribution in [0.4, 0.5) is 6.01 Å². The van der Waals surface area contributed by atoms with Crippen LogP contribution in [0.1, 0.15) is 43.0 Å². The van der Waals surface area contributed by atoms with Gasteiger partial charge in [-0.05, 0) is 18.1 Å². The number of carbonyl (C=O) groups excluding carboxylic acids is 1. The molecule has 0 N–H and O–H groups in total. The van der Waals surface area contributed by atoms with Crippen molar-refractivity contribution < 1.29 is 9.21 Å². The van der Waals surface area contributed by atoms with Gasteiger partial charge in [-0.2, -0.15) is 0 Å². The molecule has 0 saturated carbocycles. The topological polar surface area (TPSA) is 79.8 Å². The summed E-state index contributed by atoms with van der Waals surface area (Å²) in [7, 11) is 0. The lowest BCUT2D eigenvalue weighted by atomic mass is 10.1. The molecule has 0 radical (unpaired) electrons. The van der Waals surface area contributed by atoms with E-state index in [-0.39, 0.29) is 5.91 Å². The van der Waals surface area contributed by atoms with E-state index in [1.807, 2.05) is 45.5 Å². The Kier molecular flexibility index (Phi) is 5.02. The number of anilines is 1. The Morgan fingerprint density at radius 2 is 1.96 bits per heavy atom. The van der Waals surface area contributed by atoms with Crippen molar-refractivity contribution >= 4 is 17.4 Å². The van der Waals surface area contributed by atoms with Gasteiger partial charge in [0.15, 0.2) is 5.69 Å². The molecule has 1 aliphatic heterocycles. The Bertz CT molecular complexity index is 968. The summed E-state index contributed by atoms with van der Waals surface area (Å²) in [6.07, 6.45) is 3.54. The van der Waals surface area contributed by atoms with Crippen molar-refractivity contribution in [3.05, 3.63) is 41.8 Å². The maximum atomic E-state index is 13.2. The molecule has 148 valence electrons. The zero-order valence-electron chi connectivity index (χ0n) is 16.6. The van der Waals surface area contributed by atoms with E-state index in [1.165, 1.54) is 0 Å². The highest BCUT2D eigenvalue weighted by atomic mass is 16.4. The Hall–Kier alpha value is -2.90. The maximum absolute atomic E-state index is 13.2. The van der Waals surface area contributed by atoms with Gasteiger partial charge < -0.3 is 18.6 Å². The highest BCUT2D eigenvalue weighted by molar-refractivity contribution is 5.99. The molecule has 28 heavy (non-hydrogen) atoms. The molecule has 0 bridgehead atoms. The number of carbonyl (C=O) groups is 1. The molecule has 1 amide bonds. The summed E-state index contributed by atoms with van der Waals surface area (Å²) in [6, 6.07) is 6.42. The molecule has 8 heteroatoms. The molecule has 1 aliphatic rings. The van der Waals surface area contributed by atoms with Crippen LogP contribution in [-0.4, -0.2) is 56.6 Å². The summed E-state index contributed by atoms with van der Waals surface area (Å²) in [4.78, 5) is 21.8. The van der Waals surface area contributed by atoms with Gasteiger partial charge in [-0.15, -0.1) is 5.10 Å². The van der Waals surface area contributed by atoms with Crippen LogP contribution in [0.3, 0.4) is 0 Å². The van der Waals surface area contributed by atoms with Gasteiger partial charge in [-0.25, -0.2) is 4.98 Å². The maximum Gasteiger partial charge on any atom is 0.318 e. The standard InChI is InChI=1S/C20H26N6O2/c1-4-17-22-23-20(28-17)25-11-9-24(10-12-25)19(27)18-15-7-5-6-8-26(15)16(21-18)13-14(2)3/h5-8,14H,4,9-13H2,1-3H3. The first-order chi connectivity index (χ1) is 13.6. The molecule has 4 rings (SSSR count). The van der Waals surface area contributed by atoms with E-state index in [0.717, 1.165) is 24.2 Å². The summed E-state index contributed by atoms with van der Waals surface area (Å²) in [5.74, 6) is 2.03. The van der Waals surface area contributed by atoms with Crippen LogP contribution in [0.15, 0.2) is 28.8 Å². The average molecular weight is 382 g/mol. The van der Waals surface area contributed by atoms with Crippen LogP contribution >= 0.6 is 0 Å². The second kappa shape index (κ2) is 7.61. The van der Waals surface area contributed by atoms with Gasteiger partial charge in [0.2, 0.25) is 5.89 Å². The molecule has 3 aromatic rings. The summed E-state index contributed by atoms with van der Waals surface area (Å²) < 4.78 is 7.67. The average Bonchev–Trinajstić information content (AvgIpc) is 3.33. The predicted octanol–water partition coefficient (Wildman–Crippen LogP) is 2.44. The zero-order chi connectivity index (χ0) is 19.7. The molecule has 4 heterocycles. The zero-order valence-corrected chi connectivity index (χ0v) is 16.6. The first kappa shape index (κ1) is 18.5.